The average Bonchev–Trinajstić information content (AvgIpc) is 3.41. The number of methoxy groups -OCH3 is 2. The lowest BCUT2D eigenvalue weighted by molar-refractivity contribution is 0.101. The van der Waals surface area contributed by atoms with Gasteiger partial charge in [0.15, 0.2) is 34.5 Å². The van der Waals surface area contributed by atoms with Gasteiger partial charge in [0, 0.05) is 29.4 Å². The molecule has 0 spiro atoms. The van der Waals surface area contributed by atoms with Gasteiger partial charge in [-0.15, -0.1) is 0 Å². The number of pyridine rings is 1. The molecule has 1 N–H and O–H groups in total. The van der Waals surface area contributed by atoms with Crippen molar-refractivity contribution in [2.45, 2.75) is 27.2 Å². The summed E-state index contributed by atoms with van der Waals surface area (Å²) < 4.78 is 39.2. The minimum Gasteiger partial charge on any atom is -0.493 e. The fraction of sp³-hybridized carbons (Fsp3) is 0.219. The van der Waals surface area contributed by atoms with E-state index in [2.05, 4.69) is 28.4 Å². The number of halogens is 1. The van der Waals surface area contributed by atoms with E-state index < -0.39 is 11.7 Å². The Morgan fingerprint density at radius 2 is 1.71 bits per heavy atom. The number of rotatable bonds is 10. The van der Waals surface area contributed by atoms with Crippen molar-refractivity contribution in [3.05, 3.63) is 89.6 Å². The van der Waals surface area contributed by atoms with Crippen LogP contribution in [0.3, 0.4) is 0 Å². The predicted octanol–water partition coefficient (Wildman–Crippen LogP) is 6.89. The number of aryl methyl sites for hydroxylation is 2. The second-order valence-corrected chi connectivity index (χ2v) is 9.43. The molecule has 1 amide bonds. The Bertz CT molecular complexity index is 1770. The fourth-order valence-electron chi connectivity index (χ4n) is 4.60. The third kappa shape index (κ3) is 5.69. The largest absolute Gasteiger partial charge is 0.493 e. The Morgan fingerprint density at radius 1 is 0.929 bits per heavy atom. The summed E-state index contributed by atoms with van der Waals surface area (Å²) in [7, 11) is 3.06. The first kappa shape index (κ1) is 28.4. The van der Waals surface area contributed by atoms with E-state index in [9.17, 15) is 4.79 Å². The molecule has 0 atom stereocenters. The van der Waals surface area contributed by atoms with Crippen LogP contribution in [0, 0.1) is 12.7 Å². The Labute approximate surface area is 242 Å². The number of nitrogens with one attached hydrogen (secondary N) is 1. The zero-order valence-electron chi connectivity index (χ0n) is 24.0. The Kier molecular flexibility index (Phi) is 8.24. The van der Waals surface area contributed by atoms with E-state index >= 15 is 4.39 Å². The third-order valence-corrected chi connectivity index (χ3v) is 6.73. The van der Waals surface area contributed by atoms with Crippen LogP contribution >= 0.6 is 0 Å². The van der Waals surface area contributed by atoms with Crippen LogP contribution in [0.5, 0.6) is 28.7 Å². The van der Waals surface area contributed by atoms with Crippen molar-refractivity contribution < 1.29 is 28.1 Å². The number of benzene rings is 3. The quantitative estimate of drug-likeness (QED) is 0.195. The van der Waals surface area contributed by atoms with E-state index in [1.165, 1.54) is 31.9 Å². The van der Waals surface area contributed by atoms with Gasteiger partial charge in [-0.05, 0) is 61.7 Å². The maximum atomic E-state index is 15.2. The average molecular weight is 571 g/mol. The van der Waals surface area contributed by atoms with E-state index in [-0.39, 0.29) is 17.1 Å². The van der Waals surface area contributed by atoms with Crippen LogP contribution in [0.25, 0.3) is 16.6 Å². The number of aromatic nitrogens is 3. The molecule has 0 aliphatic carbocycles. The molecule has 0 unspecified atom stereocenters. The molecule has 0 bridgehead atoms. The highest BCUT2D eigenvalue weighted by Crippen LogP contribution is 2.37. The van der Waals surface area contributed by atoms with Gasteiger partial charge in [0.05, 0.1) is 38.2 Å². The van der Waals surface area contributed by atoms with Crippen molar-refractivity contribution >= 4 is 22.5 Å². The topological polar surface area (TPSA) is 96.7 Å². The molecule has 0 aliphatic heterocycles. The highest BCUT2D eigenvalue weighted by atomic mass is 19.1. The number of hydrogen-bond acceptors (Lipinski definition) is 7. The summed E-state index contributed by atoms with van der Waals surface area (Å²) in [5.74, 6) is 0.484. The molecule has 0 fully saturated rings. The summed E-state index contributed by atoms with van der Waals surface area (Å²) >= 11 is 0. The first-order valence-electron chi connectivity index (χ1n) is 13.5. The second kappa shape index (κ2) is 12.2. The number of amides is 1. The molecular weight excluding hydrogens is 539 g/mol. The van der Waals surface area contributed by atoms with E-state index in [4.69, 9.17) is 18.9 Å². The second-order valence-electron chi connectivity index (χ2n) is 9.43. The molecule has 0 saturated heterocycles. The van der Waals surface area contributed by atoms with E-state index in [1.54, 1.807) is 41.3 Å². The SMILES string of the molecule is CCOc1cn(-c2ccc(CC)cc2C)nc1C(=O)Nc1ccc(Oc2ccnc3cc(OC)c(OC)cc23)c(F)c1. The van der Waals surface area contributed by atoms with Crippen molar-refractivity contribution in [1.29, 1.82) is 0 Å². The number of hydrogen-bond donors (Lipinski definition) is 1. The van der Waals surface area contributed by atoms with Gasteiger partial charge >= 0.3 is 0 Å². The summed E-state index contributed by atoms with van der Waals surface area (Å²) in [4.78, 5) is 17.6. The van der Waals surface area contributed by atoms with Crippen LogP contribution in [0.15, 0.2) is 67.0 Å². The number of nitrogens with zero attached hydrogens (tertiary/aromatic N) is 3. The molecular formula is C32H31FN4O5. The molecule has 0 saturated carbocycles. The maximum Gasteiger partial charge on any atom is 0.280 e. The molecule has 3 aromatic carbocycles. The Balaban J connectivity index is 1.38. The lowest BCUT2D eigenvalue weighted by Crippen LogP contribution is -2.15. The minimum absolute atomic E-state index is 0.0273. The molecule has 0 aliphatic rings. The van der Waals surface area contributed by atoms with Crippen LogP contribution in [-0.4, -0.2) is 41.5 Å². The fourth-order valence-corrected chi connectivity index (χ4v) is 4.60. The molecule has 2 aromatic heterocycles. The molecule has 5 rings (SSSR count). The third-order valence-electron chi connectivity index (χ3n) is 6.73. The van der Waals surface area contributed by atoms with Crippen molar-refractivity contribution in [1.82, 2.24) is 14.8 Å². The van der Waals surface area contributed by atoms with E-state index in [0.717, 1.165) is 17.7 Å². The molecule has 2 heterocycles. The van der Waals surface area contributed by atoms with Crippen LogP contribution in [-0.2, 0) is 6.42 Å². The summed E-state index contributed by atoms with van der Waals surface area (Å²) in [5, 5.41) is 7.83. The highest BCUT2D eigenvalue weighted by Gasteiger charge is 2.21. The maximum absolute atomic E-state index is 15.2. The number of ether oxygens (including phenoxy) is 4. The first-order valence-corrected chi connectivity index (χ1v) is 13.5. The van der Waals surface area contributed by atoms with Gasteiger partial charge in [-0.3, -0.25) is 9.78 Å². The Hall–Kier alpha value is -5.12. The van der Waals surface area contributed by atoms with Crippen LogP contribution < -0.4 is 24.3 Å². The van der Waals surface area contributed by atoms with Gasteiger partial charge in [-0.1, -0.05) is 19.1 Å². The summed E-state index contributed by atoms with van der Waals surface area (Å²) in [6.45, 7) is 6.26. The molecule has 9 nitrogen and oxygen atoms in total. The monoisotopic (exact) mass is 570 g/mol. The summed E-state index contributed by atoms with van der Waals surface area (Å²) in [5.41, 5.74) is 3.97. The molecule has 216 valence electrons. The smallest absolute Gasteiger partial charge is 0.280 e. The standard InChI is InChI=1S/C32H31FN4O5/c1-6-20-8-10-25(19(3)14-20)37-18-30(41-7-2)31(36-37)32(38)35-21-9-11-27(23(33)15-21)42-26-12-13-34-24-17-29(40-5)28(39-4)16-22(24)26/h8-18H,6-7H2,1-5H3,(H,35,38). The van der Waals surface area contributed by atoms with Crippen molar-refractivity contribution in [2.75, 3.05) is 26.1 Å². The zero-order valence-corrected chi connectivity index (χ0v) is 24.0. The van der Waals surface area contributed by atoms with Crippen molar-refractivity contribution in [3.63, 3.8) is 0 Å². The normalized spacial score (nSPS) is 10.9. The van der Waals surface area contributed by atoms with Crippen LogP contribution in [0.4, 0.5) is 10.1 Å². The van der Waals surface area contributed by atoms with Gasteiger partial charge in [0.1, 0.15) is 5.75 Å². The lowest BCUT2D eigenvalue weighted by atomic mass is 10.1. The van der Waals surface area contributed by atoms with Gasteiger partial charge in [0.2, 0.25) is 0 Å². The number of anilines is 1. The molecule has 10 heteroatoms. The van der Waals surface area contributed by atoms with Gasteiger partial charge in [0.25, 0.3) is 5.91 Å². The highest BCUT2D eigenvalue weighted by molar-refractivity contribution is 6.04. The molecule has 0 radical (unpaired) electrons. The number of carbonyl (C=O) groups is 1. The van der Waals surface area contributed by atoms with Crippen LogP contribution in [0.2, 0.25) is 0 Å². The van der Waals surface area contributed by atoms with Gasteiger partial charge < -0.3 is 24.3 Å². The number of fused-ring (bicyclic) bond motifs is 1. The van der Waals surface area contributed by atoms with Crippen LogP contribution in [0.1, 0.15) is 35.5 Å². The first-order chi connectivity index (χ1) is 20.3. The predicted molar refractivity (Wildman–Crippen MR) is 158 cm³/mol. The zero-order chi connectivity index (χ0) is 29.8. The van der Waals surface area contributed by atoms with Gasteiger partial charge in [-0.2, -0.15) is 5.10 Å². The van der Waals surface area contributed by atoms with Gasteiger partial charge in [-0.25, -0.2) is 9.07 Å². The summed E-state index contributed by atoms with van der Waals surface area (Å²) in [6.07, 6.45) is 4.15. The van der Waals surface area contributed by atoms with E-state index in [0.29, 0.717) is 40.5 Å². The minimum atomic E-state index is -0.666. The van der Waals surface area contributed by atoms with Crippen molar-refractivity contribution in [2.24, 2.45) is 0 Å². The molecule has 42 heavy (non-hydrogen) atoms. The lowest BCUT2D eigenvalue weighted by Gasteiger charge is -2.13. The Morgan fingerprint density at radius 3 is 2.40 bits per heavy atom. The van der Waals surface area contributed by atoms with E-state index in [1.807, 2.05) is 26.0 Å². The van der Waals surface area contributed by atoms with Crippen molar-refractivity contribution in [3.8, 4) is 34.4 Å². The molecule has 5 aromatic rings. The number of carbonyl (C=O) groups excluding carboxylic acids is 1. The summed E-state index contributed by atoms with van der Waals surface area (Å²) in [6, 6.07) is 15.3.